The van der Waals surface area contributed by atoms with Crippen LogP contribution in [0.3, 0.4) is 0 Å². The van der Waals surface area contributed by atoms with Crippen LogP contribution in [0.25, 0.3) is 10.2 Å². The third kappa shape index (κ3) is 5.28. The molecule has 0 bridgehead atoms. The maximum atomic E-state index is 13.4. The second-order valence-electron chi connectivity index (χ2n) is 7.58. The van der Waals surface area contributed by atoms with Crippen LogP contribution < -0.4 is 4.80 Å². The van der Waals surface area contributed by atoms with Gasteiger partial charge in [-0.05, 0) is 55.7 Å². The molecule has 178 valence electrons. The maximum Gasteiger partial charge on any atom is 0.266 e. The van der Waals surface area contributed by atoms with Crippen LogP contribution in [-0.4, -0.2) is 55.3 Å². The van der Waals surface area contributed by atoms with Crippen LogP contribution in [0.1, 0.15) is 26.2 Å². The lowest BCUT2D eigenvalue weighted by molar-refractivity contribution is -0.122. The van der Waals surface area contributed by atoms with Gasteiger partial charge in [0.2, 0.25) is 0 Å². The predicted molar refractivity (Wildman–Crippen MR) is 135 cm³/mol. The van der Waals surface area contributed by atoms with Gasteiger partial charge in [-0.25, -0.2) is 8.42 Å². The number of sulfonamides is 1. The van der Waals surface area contributed by atoms with Gasteiger partial charge in [-0.15, -0.1) is 23.1 Å². The normalized spacial score (nSPS) is 18.2. The molecule has 0 radical (unpaired) electrons. The molecule has 1 aromatic carbocycles. The number of benzene rings is 1. The number of nitrogens with zero attached hydrogens (tertiary/aromatic N) is 3. The van der Waals surface area contributed by atoms with Crippen molar-refractivity contribution in [2.24, 2.45) is 4.99 Å². The molecule has 0 aliphatic carbocycles. The average molecular weight is 526 g/mol. The summed E-state index contributed by atoms with van der Waals surface area (Å²) < 4.78 is 36.6. The predicted octanol–water partition coefficient (Wildman–Crippen LogP) is 4.19. The lowest BCUT2D eigenvalue weighted by atomic mass is 10.0. The molecule has 3 aromatic rings. The first-order chi connectivity index (χ1) is 16.0. The molecular weight excluding hydrogens is 499 g/mol. The van der Waals surface area contributed by atoms with Crippen LogP contribution in [0.15, 0.2) is 49.8 Å². The Kier molecular flexibility index (Phi) is 8.08. The largest absolute Gasteiger partial charge is 0.380 e. The van der Waals surface area contributed by atoms with Gasteiger partial charge >= 0.3 is 0 Å². The molecule has 0 saturated carbocycles. The van der Waals surface area contributed by atoms with Crippen LogP contribution in [0.5, 0.6) is 0 Å². The summed E-state index contributed by atoms with van der Waals surface area (Å²) in [5.74, 6) is -0.406. The molecule has 11 heteroatoms. The highest BCUT2D eigenvalue weighted by atomic mass is 32.2. The molecule has 3 heterocycles. The van der Waals surface area contributed by atoms with Crippen LogP contribution in [0.4, 0.5) is 0 Å². The van der Waals surface area contributed by atoms with Crippen molar-refractivity contribution in [3.05, 3.63) is 40.5 Å². The van der Waals surface area contributed by atoms with Gasteiger partial charge in [0.1, 0.15) is 10.3 Å². The van der Waals surface area contributed by atoms with E-state index in [0.717, 1.165) is 28.0 Å². The van der Waals surface area contributed by atoms with Gasteiger partial charge in [-0.3, -0.25) is 4.79 Å². The number of thiophene rings is 1. The van der Waals surface area contributed by atoms with Gasteiger partial charge < -0.3 is 9.30 Å². The van der Waals surface area contributed by atoms with Crippen molar-refractivity contribution >= 4 is 60.6 Å². The summed E-state index contributed by atoms with van der Waals surface area (Å²) in [4.78, 5) is 19.6. The first kappa shape index (κ1) is 24.6. The maximum absolute atomic E-state index is 13.4. The van der Waals surface area contributed by atoms with Gasteiger partial charge in [-0.2, -0.15) is 9.30 Å². The number of piperidine rings is 1. The Labute approximate surface area is 206 Å². The Morgan fingerprint density at radius 1 is 1.30 bits per heavy atom. The first-order valence-corrected chi connectivity index (χ1v) is 15.2. The third-order valence-electron chi connectivity index (χ3n) is 5.56. The minimum atomic E-state index is -3.72. The van der Waals surface area contributed by atoms with E-state index in [4.69, 9.17) is 4.74 Å². The molecular formula is C22H27N3O4S4. The molecule has 1 fully saturated rings. The van der Waals surface area contributed by atoms with Gasteiger partial charge in [0.25, 0.3) is 15.9 Å². The lowest BCUT2D eigenvalue weighted by Gasteiger charge is -2.31. The minimum absolute atomic E-state index is 0.264. The van der Waals surface area contributed by atoms with E-state index >= 15 is 0 Å². The Hall–Kier alpha value is -1.50. The fraction of sp³-hybridized carbons (Fsp3) is 0.455. The van der Waals surface area contributed by atoms with Crippen molar-refractivity contribution in [2.45, 2.75) is 47.9 Å². The molecule has 0 spiro atoms. The first-order valence-electron chi connectivity index (χ1n) is 10.8. The minimum Gasteiger partial charge on any atom is -0.380 e. The molecule has 1 aliphatic rings. The second kappa shape index (κ2) is 10.8. The van der Waals surface area contributed by atoms with Crippen molar-refractivity contribution in [3.8, 4) is 0 Å². The number of fused-ring (bicyclic) bond motifs is 1. The number of carbonyl (C=O) groups is 1. The Bertz CT molecular complexity index is 1280. The van der Waals surface area contributed by atoms with Crippen molar-refractivity contribution in [2.75, 3.05) is 26.0 Å². The Balaban J connectivity index is 1.72. The number of aromatic nitrogens is 1. The van der Waals surface area contributed by atoms with Gasteiger partial charge in [-0.1, -0.05) is 23.8 Å². The number of hydrogen-bond acceptors (Lipinski definition) is 7. The Morgan fingerprint density at radius 3 is 2.88 bits per heavy atom. The summed E-state index contributed by atoms with van der Waals surface area (Å²) in [5.41, 5.74) is 0.996. The molecule has 1 unspecified atom stereocenters. The molecule has 1 aliphatic heterocycles. The SMILES string of the molecule is CCOCCn1c(=NC(=O)C2CCCCN2S(=O)(=O)c2cccs2)sc2cc(SC)ccc21. The molecule has 2 aromatic heterocycles. The Morgan fingerprint density at radius 2 is 2.15 bits per heavy atom. The van der Waals surface area contributed by atoms with E-state index in [0.29, 0.717) is 37.5 Å². The summed E-state index contributed by atoms with van der Waals surface area (Å²) in [6, 6.07) is 8.71. The third-order valence-corrected chi connectivity index (χ3v) is 10.6. The topological polar surface area (TPSA) is 81.0 Å². The van der Waals surface area contributed by atoms with Crippen LogP contribution in [-0.2, 0) is 26.1 Å². The summed E-state index contributed by atoms with van der Waals surface area (Å²) in [6.07, 6.45) is 4.05. The van der Waals surface area contributed by atoms with Crippen molar-refractivity contribution < 1.29 is 17.9 Å². The van der Waals surface area contributed by atoms with E-state index < -0.39 is 22.0 Å². The zero-order valence-corrected chi connectivity index (χ0v) is 21.9. The number of thiazole rings is 1. The van der Waals surface area contributed by atoms with Crippen molar-refractivity contribution in [1.82, 2.24) is 8.87 Å². The van der Waals surface area contributed by atoms with E-state index in [1.165, 1.54) is 27.0 Å². The monoisotopic (exact) mass is 525 g/mol. The highest BCUT2D eigenvalue weighted by Gasteiger charge is 2.38. The van der Waals surface area contributed by atoms with Crippen molar-refractivity contribution in [1.29, 1.82) is 0 Å². The number of amides is 1. The number of ether oxygens (including phenoxy) is 1. The van der Waals surface area contributed by atoms with Crippen LogP contribution in [0, 0.1) is 0 Å². The fourth-order valence-corrected chi connectivity index (χ4v) is 8.30. The number of hydrogen-bond donors (Lipinski definition) is 0. The fourth-order valence-electron chi connectivity index (χ4n) is 3.92. The molecule has 1 amide bonds. The smallest absolute Gasteiger partial charge is 0.266 e. The van der Waals surface area contributed by atoms with E-state index in [9.17, 15) is 13.2 Å². The van der Waals surface area contributed by atoms with Crippen molar-refractivity contribution in [3.63, 3.8) is 0 Å². The van der Waals surface area contributed by atoms with Crippen LogP contribution in [0.2, 0.25) is 0 Å². The van der Waals surface area contributed by atoms with Crippen LogP contribution >= 0.6 is 34.4 Å². The second-order valence-corrected chi connectivity index (χ2v) is 12.5. The molecule has 7 nitrogen and oxygen atoms in total. The van der Waals surface area contributed by atoms with Gasteiger partial charge in [0, 0.05) is 24.6 Å². The molecule has 33 heavy (non-hydrogen) atoms. The highest BCUT2D eigenvalue weighted by Crippen LogP contribution is 2.29. The van der Waals surface area contributed by atoms with Gasteiger partial charge in [0.05, 0.1) is 16.8 Å². The van der Waals surface area contributed by atoms with Gasteiger partial charge in [0.15, 0.2) is 4.80 Å². The van der Waals surface area contributed by atoms with E-state index in [2.05, 4.69) is 17.1 Å². The zero-order chi connectivity index (χ0) is 23.4. The molecule has 0 N–H and O–H groups in total. The summed E-state index contributed by atoms with van der Waals surface area (Å²) >= 11 is 4.28. The molecule has 1 saturated heterocycles. The molecule has 4 rings (SSSR count). The lowest BCUT2D eigenvalue weighted by Crippen LogP contribution is -2.47. The quantitative estimate of drug-likeness (QED) is 0.325. The summed E-state index contributed by atoms with van der Waals surface area (Å²) in [6.45, 7) is 3.97. The van der Waals surface area contributed by atoms with E-state index in [1.54, 1.807) is 29.3 Å². The number of rotatable bonds is 8. The standard InChI is InChI=1S/C22H27N3O4S4/c1-3-29-13-12-24-17-10-9-16(30-2)15-19(17)32-22(24)23-21(26)18-7-4-5-11-25(18)33(27,28)20-8-6-14-31-20/h6,8-10,14-15,18H,3-5,7,11-13H2,1-2H3. The van der Waals surface area contributed by atoms with E-state index in [-0.39, 0.29) is 4.21 Å². The summed E-state index contributed by atoms with van der Waals surface area (Å²) in [7, 11) is -3.72. The number of thioether (sulfide) groups is 1. The van der Waals surface area contributed by atoms with E-state index in [1.807, 2.05) is 23.8 Å². The average Bonchev–Trinajstić information content (AvgIpc) is 3.48. The molecule has 1 atom stereocenters. The summed E-state index contributed by atoms with van der Waals surface area (Å²) in [5, 5.41) is 1.74. The zero-order valence-electron chi connectivity index (χ0n) is 18.6. The number of carbonyl (C=O) groups excluding carboxylic acids is 1. The highest BCUT2D eigenvalue weighted by molar-refractivity contribution is 7.98.